The van der Waals surface area contributed by atoms with Gasteiger partial charge in [-0.2, -0.15) is 0 Å². The molecule has 3 rings (SSSR count). The van der Waals surface area contributed by atoms with Gasteiger partial charge in [0.2, 0.25) is 0 Å². The molecule has 4 nitrogen and oxygen atoms in total. The van der Waals surface area contributed by atoms with Crippen molar-refractivity contribution in [2.45, 2.75) is 0 Å². The van der Waals surface area contributed by atoms with Gasteiger partial charge in [-0.25, -0.2) is 4.98 Å². The second-order valence-electron chi connectivity index (χ2n) is 4.98. The number of rotatable bonds is 2. The minimum absolute atomic E-state index is 0. The molecule has 3 aromatic rings. The average Bonchev–Trinajstić information content (AvgIpc) is 2.60. The summed E-state index contributed by atoms with van der Waals surface area (Å²) in [5.41, 5.74) is 3.08. The zero-order valence-electron chi connectivity index (χ0n) is 15.2. The van der Waals surface area contributed by atoms with E-state index >= 15 is 0 Å². The van der Waals surface area contributed by atoms with Crippen LogP contribution in [-0.4, -0.2) is 29.5 Å². The normalized spacial score (nSPS) is 10.2. The molecule has 0 bridgehead atoms. The van der Waals surface area contributed by atoms with Crippen LogP contribution in [0.1, 0.15) is 0 Å². The van der Waals surface area contributed by atoms with Crippen molar-refractivity contribution in [1.82, 2.24) is 21.1 Å². The fraction of sp³-hybridized carbons (Fsp3) is 0. The summed E-state index contributed by atoms with van der Waals surface area (Å²) in [5.74, 6) is 0. The molecule has 0 unspecified atom stereocenters. The number of aromatic nitrogens is 3. The molecule has 3 heterocycles. The van der Waals surface area contributed by atoms with Gasteiger partial charge in [0.05, 0.1) is 22.8 Å². The van der Waals surface area contributed by atoms with Crippen molar-refractivity contribution in [2.24, 2.45) is 0 Å². The van der Waals surface area contributed by atoms with Crippen molar-refractivity contribution < 1.29 is 55.6 Å². The van der Waals surface area contributed by atoms with Gasteiger partial charge in [0.25, 0.3) is 0 Å². The van der Waals surface area contributed by atoms with Crippen LogP contribution in [0.2, 0.25) is 5.02 Å². The summed E-state index contributed by atoms with van der Waals surface area (Å²) < 4.78 is 78.0. The monoisotopic (exact) mass is 653 g/mol. The first-order valence-corrected chi connectivity index (χ1v) is 7.96. The summed E-state index contributed by atoms with van der Waals surface area (Å²) in [4.78, 5) is 13.1. The maximum atomic E-state index is 9.75. The number of hydrogen-bond donors (Lipinski definition) is 1. The third-order valence-corrected chi connectivity index (χ3v) is 2.86. The smallest absolute Gasteiger partial charge is 0.418 e. The molecule has 0 amide bonds. The zero-order valence-corrected chi connectivity index (χ0v) is 18.2. The van der Waals surface area contributed by atoms with E-state index in [0.717, 1.165) is 22.8 Å². The molecule has 0 spiro atoms. The molecule has 0 aliphatic heterocycles. The van der Waals surface area contributed by atoms with E-state index in [2.05, 4.69) is 15.0 Å². The Labute approximate surface area is 191 Å². The van der Waals surface area contributed by atoms with E-state index in [4.69, 9.17) is 11.6 Å². The van der Waals surface area contributed by atoms with E-state index in [1.165, 1.54) is 0 Å². The summed E-state index contributed by atoms with van der Waals surface area (Å²) >= 11 is 6.15. The predicted octanol–water partition coefficient (Wildman–Crippen LogP) is 6.62. The Bertz CT molecular complexity index is 808. The van der Waals surface area contributed by atoms with Crippen LogP contribution >= 0.6 is 11.6 Å². The molecule has 0 saturated heterocycles. The Morgan fingerprint density at radius 1 is 0.613 bits per heavy atom. The Balaban J connectivity index is 0. The molecule has 31 heavy (non-hydrogen) atoms. The Morgan fingerprint density at radius 3 is 1.19 bits per heavy atom. The van der Waals surface area contributed by atoms with Crippen molar-refractivity contribution in [1.29, 1.82) is 0 Å². The molecule has 3 aromatic heterocycles. The van der Waals surface area contributed by atoms with Gasteiger partial charge in [0.1, 0.15) is 0 Å². The summed E-state index contributed by atoms with van der Waals surface area (Å²) in [5, 5.41) is 0.622. The zero-order chi connectivity index (χ0) is 22.1. The minimum Gasteiger partial charge on any atom is -0.418 e. The van der Waals surface area contributed by atoms with E-state index < -0.39 is 14.5 Å². The summed E-state index contributed by atoms with van der Waals surface area (Å²) in [6.45, 7) is 0. The second-order valence-corrected chi connectivity index (χ2v) is 5.41. The predicted molar refractivity (Wildman–Crippen MR) is 101 cm³/mol. The molecular weight excluding hydrogens is 640 g/mol. The number of pyridine rings is 3. The summed E-state index contributed by atoms with van der Waals surface area (Å²) in [6.07, 6.45) is 3.47. The van der Waals surface area contributed by atoms with E-state index in [9.17, 15) is 34.5 Å². The SMILES string of the molecule is Clc1cc(-c2ccccn2)nc(-c2ccccn2)c1.F[B-](F)(F)F.F[B-](F)(F)F.N.[Pt+2]. The topological polar surface area (TPSA) is 73.7 Å². The van der Waals surface area contributed by atoms with Crippen LogP contribution in [0.15, 0.2) is 60.9 Å². The van der Waals surface area contributed by atoms with Gasteiger partial charge in [-0.1, -0.05) is 23.7 Å². The van der Waals surface area contributed by atoms with Gasteiger partial charge in [0, 0.05) is 17.4 Å². The number of hydrogen-bond acceptors (Lipinski definition) is 4. The van der Waals surface area contributed by atoms with Crippen LogP contribution in [0.5, 0.6) is 0 Å². The van der Waals surface area contributed by atoms with Crippen LogP contribution in [-0.2, 0) is 21.1 Å². The van der Waals surface area contributed by atoms with Crippen LogP contribution in [0.3, 0.4) is 0 Å². The molecule has 0 atom stereocenters. The van der Waals surface area contributed by atoms with E-state index in [-0.39, 0.29) is 27.2 Å². The Kier molecular flexibility index (Phi) is 14.2. The van der Waals surface area contributed by atoms with Gasteiger partial charge >= 0.3 is 35.6 Å². The third-order valence-electron chi connectivity index (χ3n) is 2.64. The van der Waals surface area contributed by atoms with Crippen LogP contribution in [0, 0.1) is 0 Å². The molecule has 0 radical (unpaired) electrons. The molecule has 0 aromatic carbocycles. The maximum absolute atomic E-state index is 9.75. The van der Waals surface area contributed by atoms with Gasteiger partial charge in [-0.05, 0) is 36.4 Å². The second kappa shape index (κ2) is 14.1. The van der Waals surface area contributed by atoms with Crippen LogP contribution in [0.4, 0.5) is 34.5 Å². The molecule has 16 heteroatoms. The first-order valence-electron chi connectivity index (χ1n) is 7.58. The molecule has 0 saturated carbocycles. The van der Waals surface area contributed by atoms with Gasteiger partial charge in [-0.15, -0.1) is 0 Å². The largest absolute Gasteiger partial charge is 2.00 e. The fourth-order valence-corrected chi connectivity index (χ4v) is 1.99. The van der Waals surface area contributed by atoms with Crippen molar-refractivity contribution >= 4 is 26.1 Å². The van der Waals surface area contributed by atoms with E-state index in [1.54, 1.807) is 24.5 Å². The molecular formula is C15H13B2ClF8N4Pt. The standard InChI is InChI=1S/C15H10ClN3.2BF4.H3N.Pt/c16-11-9-14(12-5-1-3-7-17-12)19-15(10-11)13-6-2-4-8-18-13;2*2-1(3,4)5;;/h1-10H;;;1H3;/q;2*-1;;+2. The maximum Gasteiger partial charge on any atom is 2.00 e. The summed E-state index contributed by atoms with van der Waals surface area (Å²) in [6, 6.07) is 15.0. The molecule has 0 fully saturated rings. The van der Waals surface area contributed by atoms with E-state index in [0.29, 0.717) is 5.02 Å². The van der Waals surface area contributed by atoms with Crippen molar-refractivity contribution in [3.05, 3.63) is 65.9 Å². The molecule has 3 N–H and O–H groups in total. The van der Waals surface area contributed by atoms with Crippen LogP contribution < -0.4 is 6.15 Å². The molecule has 0 aliphatic carbocycles. The van der Waals surface area contributed by atoms with Crippen molar-refractivity contribution in [3.63, 3.8) is 0 Å². The molecule has 0 aliphatic rings. The quantitative estimate of drug-likeness (QED) is 0.250. The number of halogens is 9. The first-order chi connectivity index (χ1) is 13.3. The first kappa shape index (κ1) is 31.1. The molecule has 172 valence electrons. The van der Waals surface area contributed by atoms with Gasteiger partial charge in [0.15, 0.2) is 0 Å². The minimum atomic E-state index is -6.00. The van der Waals surface area contributed by atoms with Crippen molar-refractivity contribution in [3.8, 4) is 22.8 Å². The van der Waals surface area contributed by atoms with Crippen LogP contribution in [0.25, 0.3) is 22.8 Å². The Hall–Kier alpha value is -2.04. The third kappa shape index (κ3) is 16.3. The number of nitrogens with zero attached hydrogens (tertiary/aromatic N) is 3. The Morgan fingerprint density at radius 2 is 0.935 bits per heavy atom. The van der Waals surface area contributed by atoms with E-state index in [1.807, 2.05) is 36.4 Å². The van der Waals surface area contributed by atoms with Crippen molar-refractivity contribution in [2.75, 3.05) is 0 Å². The fourth-order valence-electron chi connectivity index (χ4n) is 1.79. The summed E-state index contributed by atoms with van der Waals surface area (Å²) in [7, 11) is -12.0. The van der Waals surface area contributed by atoms with Gasteiger partial charge in [-0.3, -0.25) is 9.97 Å². The van der Waals surface area contributed by atoms with Gasteiger partial charge < -0.3 is 40.7 Å². The average molecular weight is 653 g/mol.